The monoisotopic (exact) mass is 371 g/mol. The van der Waals surface area contributed by atoms with E-state index in [0.29, 0.717) is 18.3 Å². The van der Waals surface area contributed by atoms with Crippen LogP contribution in [0.5, 0.6) is 0 Å². The zero-order valence-corrected chi connectivity index (χ0v) is 14.3. The molecule has 0 aliphatic heterocycles. The summed E-state index contributed by atoms with van der Waals surface area (Å²) in [5, 5.41) is 13.8. The lowest BCUT2D eigenvalue weighted by Gasteiger charge is -2.60. The van der Waals surface area contributed by atoms with Gasteiger partial charge in [0, 0.05) is 11.7 Å². The number of methoxy groups -OCH3 is 1. The van der Waals surface area contributed by atoms with E-state index in [2.05, 4.69) is 20.0 Å². The summed E-state index contributed by atoms with van der Waals surface area (Å²) in [5.41, 5.74) is -3.27. The number of nitrogens with one attached hydrogen (secondary N) is 1. The highest BCUT2D eigenvalue weighted by atomic mass is 19.4. The second-order valence-corrected chi connectivity index (χ2v) is 8.04. The zero-order chi connectivity index (χ0) is 18.7. The second kappa shape index (κ2) is 5.55. The van der Waals surface area contributed by atoms with Crippen LogP contribution >= 0.6 is 0 Å². The highest BCUT2D eigenvalue weighted by Crippen LogP contribution is 2.58. The number of halogens is 3. The van der Waals surface area contributed by atoms with Crippen LogP contribution < -0.4 is 5.32 Å². The SMILES string of the molecule is COC(=O)c1cnc(NC23CC4CC(CC(O)(C4)C2)C3)nc1C(F)(F)F. The maximum atomic E-state index is 13.3. The predicted octanol–water partition coefficient (Wildman–Crippen LogP) is 2.78. The Bertz CT molecular complexity index is 739. The van der Waals surface area contributed by atoms with Gasteiger partial charge in [0.2, 0.25) is 5.95 Å². The largest absolute Gasteiger partial charge is 0.465 e. The number of alkyl halides is 3. The molecule has 0 amide bonds. The number of rotatable bonds is 3. The molecule has 1 aromatic rings. The van der Waals surface area contributed by atoms with Gasteiger partial charge in [0.1, 0.15) is 5.56 Å². The molecule has 4 bridgehead atoms. The standard InChI is InChI=1S/C17H20F3N3O3/c1-26-13(24)11-7-21-14(22-12(11)17(18,19)20)23-15-3-9-2-10(4-15)6-16(25,5-9)8-15/h7,9-10,25H,2-6,8H2,1H3,(H,21,22,23). The van der Waals surface area contributed by atoms with Crippen LogP contribution in [0.2, 0.25) is 0 Å². The lowest BCUT2D eigenvalue weighted by Crippen LogP contribution is -2.62. The average molecular weight is 371 g/mol. The Morgan fingerprint density at radius 2 is 1.96 bits per heavy atom. The van der Waals surface area contributed by atoms with Gasteiger partial charge in [0.05, 0.1) is 12.7 Å². The molecule has 5 rings (SSSR count). The van der Waals surface area contributed by atoms with Crippen molar-refractivity contribution in [3.63, 3.8) is 0 Å². The fourth-order valence-electron chi connectivity index (χ4n) is 5.52. The highest BCUT2D eigenvalue weighted by molar-refractivity contribution is 5.90. The average Bonchev–Trinajstić information content (AvgIpc) is 2.50. The molecule has 0 saturated heterocycles. The number of ether oxygens (including phenoxy) is 1. The molecule has 6 nitrogen and oxygen atoms in total. The molecule has 4 saturated carbocycles. The number of aromatic nitrogens is 2. The molecule has 4 aliphatic carbocycles. The van der Waals surface area contributed by atoms with Crippen molar-refractivity contribution in [1.82, 2.24) is 9.97 Å². The molecule has 142 valence electrons. The predicted molar refractivity (Wildman–Crippen MR) is 84.4 cm³/mol. The van der Waals surface area contributed by atoms with Crippen LogP contribution in [0.15, 0.2) is 6.20 Å². The third-order valence-corrected chi connectivity index (χ3v) is 5.87. The number of aliphatic hydroxyl groups is 1. The number of esters is 1. The molecule has 1 heterocycles. The Labute approximate surface area is 148 Å². The van der Waals surface area contributed by atoms with Crippen molar-refractivity contribution in [3.05, 3.63) is 17.5 Å². The summed E-state index contributed by atoms with van der Waals surface area (Å²) >= 11 is 0. The Hall–Kier alpha value is -1.90. The van der Waals surface area contributed by atoms with Gasteiger partial charge in [0.25, 0.3) is 0 Å². The minimum absolute atomic E-state index is 0.171. The van der Waals surface area contributed by atoms with Gasteiger partial charge in [0.15, 0.2) is 5.69 Å². The highest BCUT2D eigenvalue weighted by Gasteiger charge is 2.57. The zero-order valence-electron chi connectivity index (χ0n) is 14.3. The van der Waals surface area contributed by atoms with Crippen LogP contribution in [0.1, 0.15) is 54.6 Å². The molecule has 4 aliphatic rings. The number of anilines is 1. The fraction of sp³-hybridized carbons (Fsp3) is 0.706. The Morgan fingerprint density at radius 3 is 2.50 bits per heavy atom. The lowest BCUT2D eigenvalue weighted by molar-refractivity contribution is -0.142. The molecule has 4 fully saturated rings. The quantitative estimate of drug-likeness (QED) is 0.795. The van der Waals surface area contributed by atoms with Crippen molar-refractivity contribution < 1.29 is 27.8 Å². The van der Waals surface area contributed by atoms with Gasteiger partial charge >= 0.3 is 12.1 Å². The van der Waals surface area contributed by atoms with Crippen LogP contribution in [0.4, 0.5) is 19.1 Å². The lowest BCUT2D eigenvalue weighted by atomic mass is 9.51. The van der Waals surface area contributed by atoms with Crippen molar-refractivity contribution in [1.29, 1.82) is 0 Å². The molecule has 2 atom stereocenters. The van der Waals surface area contributed by atoms with Crippen molar-refractivity contribution >= 4 is 11.9 Å². The third kappa shape index (κ3) is 2.91. The summed E-state index contributed by atoms with van der Waals surface area (Å²) in [6.45, 7) is 0. The van der Waals surface area contributed by atoms with E-state index < -0.39 is 34.5 Å². The van der Waals surface area contributed by atoms with Crippen LogP contribution in [0, 0.1) is 11.8 Å². The summed E-state index contributed by atoms with van der Waals surface area (Å²) in [6, 6.07) is 0. The maximum absolute atomic E-state index is 13.3. The molecule has 2 unspecified atom stereocenters. The van der Waals surface area contributed by atoms with Gasteiger partial charge in [-0.05, 0) is 50.4 Å². The topological polar surface area (TPSA) is 84.3 Å². The minimum atomic E-state index is -4.80. The molecule has 26 heavy (non-hydrogen) atoms. The first-order chi connectivity index (χ1) is 12.1. The Balaban J connectivity index is 1.66. The molecule has 0 radical (unpaired) electrons. The number of hydrogen-bond acceptors (Lipinski definition) is 6. The first-order valence-electron chi connectivity index (χ1n) is 8.65. The summed E-state index contributed by atoms with van der Waals surface area (Å²) in [5.74, 6) is -0.570. The van der Waals surface area contributed by atoms with Crippen LogP contribution in [0.25, 0.3) is 0 Å². The molecule has 0 aromatic carbocycles. The molecule has 0 spiro atoms. The van der Waals surface area contributed by atoms with E-state index in [1.54, 1.807) is 0 Å². The molecular weight excluding hydrogens is 351 g/mol. The van der Waals surface area contributed by atoms with Crippen LogP contribution in [-0.4, -0.2) is 39.3 Å². The van der Waals surface area contributed by atoms with Gasteiger partial charge < -0.3 is 15.2 Å². The van der Waals surface area contributed by atoms with E-state index in [9.17, 15) is 23.1 Å². The van der Waals surface area contributed by atoms with E-state index >= 15 is 0 Å². The molecule has 2 N–H and O–H groups in total. The van der Waals surface area contributed by atoms with E-state index in [1.165, 1.54) is 0 Å². The Kier molecular flexibility index (Phi) is 3.74. The van der Waals surface area contributed by atoms with Crippen LogP contribution in [0.3, 0.4) is 0 Å². The van der Waals surface area contributed by atoms with Gasteiger partial charge in [-0.2, -0.15) is 13.2 Å². The number of carbonyl (C=O) groups excluding carboxylic acids is 1. The molecule has 1 aromatic heterocycles. The van der Waals surface area contributed by atoms with Gasteiger partial charge in [-0.1, -0.05) is 0 Å². The van der Waals surface area contributed by atoms with E-state index in [1.807, 2.05) is 0 Å². The summed E-state index contributed by atoms with van der Waals surface area (Å²) in [4.78, 5) is 19.1. The normalized spacial score (nSPS) is 35.4. The Morgan fingerprint density at radius 1 is 1.31 bits per heavy atom. The van der Waals surface area contributed by atoms with Crippen molar-refractivity contribution in [2.24, 2.45) is 11.8 Å². The molecular formula is C17H20F3N3O3. The van der Waals surface area contributed by atoms with E-state index in [4.69, 9.17) is 0 Å². The number of nitrogens with zero attached hydrogens (tertiary/aromatic N) is 2. The fourth-order valence-corrected chi connectivity index (χ4v) is 5.52. The van der Waals surface area contributed by atoms with Gasteiger partial charge in [-0.3, -0.25) is 0 Å². The third-order valence-electron chi connectivity index (χ3n) is 5.87. The first-order valence-corrected chi connectivity index (χ1v) is 8.65. The number of carbonyl (C=O) groups is 1. The first kappa shape index (κ1) is 17.5. The summed E-state index contributed by atoms with van der Waals surface area (Å²) in [6.07, 6.45) is 0.663. The van der Waals surface area contributed by atoms with Crippen molar-refractivity contribution in [2.45, 2.75) is 55.8 Å². The minimum Gasteiger partial charge on any atom is -0.465 e. The van der Waals surface area contributed by atoms with Gasteiger partial charge in [-0.15, -0.1) is 0 Å². The summed E-state index contributed by atoms with van der Waals surface area (Å²) in [7, 11) is 1.00. The summed E-state index contributed by atoms with van der Waals surface area (Å²) < 4.78 is 44.3. The van der Waals surface area contributed by atoms with Crippen molar-refractivity contribution in [3.8, 4) is 0 Å². The smallest absolute Gasteiger partial charge is 0.434 e. The number of hydrogen-bond donors (Lipinski definition) is 2. The molecule has 9 heteroatoms. The van der Waals surface area contributed by atoms with Gasteiger partial charge in [-0.25, -0.2) is 14.8 Å². The van der Waals surface area contributed by atoms with E-state index in [-0.39, 0.29) is 5.95 Å². The van der Waals surface area contributed by atoms with Crippen molar-refractivity contribution in [2.75, 3.05) is 12.4 Å². The van der Waals surface area contributed by atoms with E-state index in [0.717, 1.165) is 45.4 Å². The van der Waals surface area contributed by atoms with Crippen LogP contribution in [-0.2, 0) is 10.9 Å². The maximum Gasteiger partial charge on any atom is 0.434 e. The second-order valence-electron chi connectivity index (χ2n) is 8.04.